The maximum absolute atomic E-state index is 12.5. The van der Waals surface area contributed by atoms with E-state index in [0.717, 1.165) is 10.5 Å². The average molecular weight is 584 g/mol. The predicted octanol–water partition coefficient (Wildman–Crippen LogP) is 4.61. The third kappa shape index (κ3) is 8.57. The zero-order chi connectivity index (χ0) is 26.4. The van der Waals surface area contributed by atoms with Crippen LogP contribution < -0.4 is 16.4 Å². The first kappa shape index (κ1) is 28.7. The fourth-order valence-corrected chi connectivity index (χ4v) is 5.32. The number of nitrogens with one attached hydrogen (secondary N) is 2. The van der Waals surface area contributed by atoms with Crippen molar-refractivity contribution in [2.24, 2.45) is 9.50 Å². The van der Waals surface area contributed by atoms with E-state index in [1.165, 1.54) is 6.08 Å². The Morgan fingerprint density at radius 2 is 1.94 bits per heavy atom. The van der Waals surface area contributed by atoms with Gasteiger partial charge in [-0.05, 0) is 80.2 Å². The summed E-state index contributed by atoms with van der Waals surface area (Å²) in [6.07, 6.45) is 7.79. The van der Waals surface area contributed by atoms with E-state index in [1.54, 1.807) is 69.6 Å². The summed E-state index contributed by atoms with van der Waals surface area (Å²) in [6, 6.07) is 6.87. The van der Waals surface area contributed by atoms with Crippen LogP contribution in [0.4, 0.5) is 17.5 Å². The highest BCUT2D eigenvalue weighted by Crippen LogP contribution is 2.25. The maximum atomic E-state index is 12.5. The highest BCUT2D eigenvalue weighted by atomic mass is 79.9. The molecule has 5 N–H and O–H groups in total. The van der Waals surface area contributed by atoms with Crippen LogP contribution in [0.1, 0.15) is 27.7 Å². The summed E-state index contributed by atoms with van der Waals surface area (Å²) in [5.41, 5.74) is 6.28. The van der Waals surface area contributed by atoms with Gasteiger partial charge in [-0.25, -0.2) is 4.98 Å². The van der Waals surface area contributed by atoms with Gasteiger partial charge in [-0.2, -0.15) is 13.4 Å². The normalized spacial score (nSPS) is 14.9. The van der Waals surface area contributed by atoms with Crippen LogP contribution in [-0.2, 0) is 20.7 Å². The van der Waals surface area contributed by atoms with E-state index in [1.807, 2.05) is 6.92 Å². The molecule has 1 heterocycles. The summed E-state index contributed by atoms with van der Waals surface area (Å²) < 4.78 is 29.5. The van der Waals surface area contributed by atoms with Crippen LogP contribution >= 0.6 is 15.9 Å². The number of halogens is 1. The third-order valence-corrected chi connectivity index (χ3v) is 8.89. The first-order chi connectivity index (χ1) is 16.2. The number of allylic oxidation sites excluding steroid dienone is 4. The van der Waals surface area contributed by atoms with Gasteiger partial charge in [0.15, 0.2) is 0 Å². The molecule has 35 heavy (non-hydrogen) atoms. The van der Waals surface area contributed by atoms with E-state index in [2.05, 4.69) is 46.9 Å². The molecule has 2 atom stereocenters. The lowest BCUT2D eigenvalue weighted by Crippen LogP contribution is -2.39. The molecule has 0 amide bonds. The van der Waals surface area contributed by atoms with E-state index >= 15 is 0 Å². The van der Waals surface area contributed by atoms with Crippen LogP contribution in [0.5, 0.6) is 0 Å². The Hall–Kier alpha value is -2.54. The molecule has 12 heteroatoms. The molecule has 2 rings (SSSR count). The zero-order valence-electron chi connectivity index (χ0n) is 20.3. The van der Waals surface area contributed by atoms with Gasteiger partial charge in [0.1, 0.15) is 10.8 Å². The Bertz CT molecular complexity index is 1270. The lowest BCUT2D eigenvalue weighted by molar-refractivity contribution is 0.0647. The molecule has 0 fully saturated rings. The topological polar surface area (TPSA) is 143 Å². The molecule has 1 unspecified atom stereocenters. The fourth-order valence-electron chi connectivity index (χ4n) is 2.38. The van der Waals surface area contributed by atoms with E-state index in [0.29, 0.717) is 21.9 Å². The highest BCUT2D eigenvalue weighted by molar-refractivity contribution is 9.10. The number of nitrogens with zero attached hydrogens (tertiary/aromatic N) is 3. The summed E-state index contributed by atoms with van der Waals surface area (Å²) in [5.74, 6) is 0.895. The number of aliphatic hydroxyl groups is 1. The van der Waals surface area contributed by atoms with Crippen molar-refractivity contribution in [3.63, 3.8) is 0 Å². The van der Waals surface area contributed by atoms with Crippen LogP contribution in [0.15, 0.2) is 79.0 Å². The minimum absolute atomic E-state index is 0.255. The second kappa shape index (κ2) is 11.9. The quantitative estimate of drug-likeness (QED) is 0.297. The number of aromatic nitrogens is 2. The fraction of sp³-hybridized carbons (Fsp3) is 0.304. The minimum atomic E-state index is -3.97. The molecular formula is C23H31BrN6O3S2. The lowest BCUT2D eigenvalue weighted by Gasteiger charge is -2.27. The zero-order valence-corrected chi connectivity index (χ0v) is 23.5. The molecule has 0 aliphatic carbocycles. The van der Waals surface area contributed by atoms with Crippen molar-refractivity contribution >= 4 is 54.1 Å². The highest BCUT2D eigenvalue weighted by Gasteiger charge is 2.23. The van der Waals surface area contributed by atoms with E-state index in [-0.39, 0.29) is 11.1 Å². The van der Waals surface area contributed by atoms with Crippen molar-refractivity contribution in [3.8, 4) is 0 Å². The molecule has 0 aliphatic heterocycles. The van der Waals surface area contributed by atoms with Gasteiger partial charge in [-0.3, -0.25) is 0 Å². The van der Waals surface area contributed by atoms with Crippen molar-refractivity contribution in [1.29, 1.82) is 0 Å². The van der Waals surface area contributed by atoms with Gasteiger partial charge in [0.25, 0.3) is 0 Å². The van der Waals surface area contributed by atoms with Crippen molar-refractivity contribution in [3.05, 3.63) is 70.3 Å². The minimum Gasteiger partial charge on any atom is -0.388 e. The number of hydrogen-bond acceptors (Lipinski definition) is 8. The first-order valence-electron chi connectivity index (χ1n) is 10.5. The molecule has 2 aromatic rings. The lowest BCUT2D eigenvalue weighted by atomic mass is 10.0. The molecule has 1 aromatic carbocycles. The van der Waals surface area contributed by atoms with Crippen molar-refractivity contribution < 1.29 is 13.5 Å². The number of benzene rings is 1. The molecular weight excluding hydrogens is 552 g/mol. The molecule has 0 bridgehead atoms. The van der Waals surface area contributed by atoms with E-state index in [4.69, 9.17) is 5.73 Å². The Morgan fingerprint density at radius 3 is 2.51 bits per heavy atom. The summed E-state index contributed by atoms with van der Waals surface area (Å²) in [6.45, 7) is 10.7. The van der Waals surface area contributed by atoms with Crippen molar-refractivity contribution in [1.82, 2.24) is 9.97 Å². The first-order valence-corrected chi connectivity index (χ1v) is 14.3. The van der Waals surface area contributed by atoms with Gasteiger partial charge < -0.3 is 21.5 Å². The molecule has 9 nitrogen and oxygen atoms in total. The number of sulfonamides is 1. The molecule has 0 radical (unpaired) electrons. The second-order valence-electron chi connectivity index (χ2n) is 8.27. The van der Waals surface area contributed by atoms with Crippen LogP contribution in [-0.4, -0.2) is 41.4 Å². The maximum Gasteiger partial charge on any atom is 0.303 e. The van der Waals surface area contributed by atoms with Gasteiger partial charge in [-0.15, -0.1) is 3.77 Å². The van der Waals surface area contributed by atoms with Gasteiger partial charge in [0, 0.05) is 16.8 Å². The third-order valence-electron chi connectivity index (χ3n) is 4.95. The standard InChI is InChI=1S/C23H31BrN6O3S2/c1-7-15(2)8-13-20(25)35(32,33)30-34(6)18-11-9-17(10-12-18)28-22-26-14-19(24)21(29-22)27-16(3)23(4,5)31/h7-14,16,31H,1,25H2,2-6H3,(H2,26,27,28,29)/b15-8-,20-13+/t16-,34?/m1/s1. The predicted molar refractivity (Wildman–Crippen MR) is 148 cm³/mol. The van der Waals surface area contributed by atoms with Gasteiger partial charge in [-0.1, -0.05) is 35.0 Å². The second-order valence-corrected chi connectivity index (χ2v) is 12.6. The summed E-state index contributed by atoms with van der Waals surface area (Å²) >= 11 is 3.42. The SMILES string of the molecule is C=C/C(C)=C\C=C(/N)S(=O)(=O)N=S(C)c1ccc(Nc2ncc(Br)c(N[C@H](C)C(C)(C)O)n2)cc1. The van der Waals surface area contributed by atoms with Crippen LogP contribution in [0.2, 0.25) is 0 Å². The number of hydrogen-bond donors (Lipinski definition) is 4. The largest absolute Gasteiger partial charge is 0.388 e. The van der Waals surface area contributed by atoms with Crippen molar-refractivity contribution in [2.45, 2.75) is 44.2 Å². The Morgan fingerprint density at radius 1 is 1.31 bits per heavy atom. The van der Waals surface area contributed by atoms with Gasteiger partial charge in [0.2, 0.25) is 5.95 Å². The summed E-state index contributed by atoms with van der Waals surface area (Å²) in [5, 5.41) is 16.1. The molecule has 0 spiro atoms. The molecule has 0 saturated carbocycles. The molecule has 190 valence electrons. The molecule has 0 aliphatic rings. The molecule has 1 aromatic heterocycles. The van der Waals surface area contributed by atoms with Gasteiger partial charge >= 0.3 is 10.0 Å². The van der Waals surface area contributed by atoms with Crippen LogP contribution in [0.25, 0.3) is 0 Å². The van der Waals surface area contributed by atoms with Gasteiger partial charge in [0.05, 0.1) is 16.1 Å². The monoisotopic (exact) mass is 582 g/mol. The number of nitrogens with two attached hydrogens (primary N) is 1. The van der Waals surface area contributed by atoms with E-state index < -0.39 is 26.3 Å². The smallest absolute Gasteiger partial charge is 0.303 e. The summed E-state index contributed by atoms with van der Waals surface area (Å²) in [4.78, 5) is 9.46. The molecule has 0 saturated heterocycles. The summed E-state index contributed by atoms with van der Waals surface area (Å²) in [7, 11) is -4.91. The Kier molecular flexibility index (Phi) is 9.78. The average Bonchev–Trinajstić information content (AvgIpc) is 2.78. The van der Waals surface area contributed by atoms with Crippen molar-refractivity contribution in [2.75, 3.05) is 16.9 Å². The number of rotatable bonds is 10. The Balaban J connectivity index is 2.19. The van der Waals surface area contributed by atoms with Crippen LogP contribution in [0, 0.1) is 0 Å². The van der Waals surface area contributed by atoms with E-state index in [9.17, 15) is 13.5 Å². The Labute approximate surface area is 217 Å². The van der Waals surface area contributed by atoms with Crippen LogP contribution in [0.3, 0.4) is 0 Å². The number of anilines is 3.